The third-order valence-corrected chi connectivity index (χ3v) is 2.52. The minimum Gasteiger partial charge on any atom is -0.144 e. The molecule has 11 heavy (non-hydrogen) atoms. The van der Waals surface area contributed by atoms with Crippen LogP contribution in [0.2, 0.25) is 0 Å². The maximum Gasteiger partial charge on any atom is 0.0365 e. The lowest BCUT2D eigenvalue weighted by molar-refractivity contribution is 1.68. The number of hydrogen-bond donors (Lipinski definition) is 0. The van der Waals surface area contributed by atoms with E-state index in [4.69, 9.17) is 0 Å². The highest BCUT2D eigenvalue weighted by atomic mass is 32.1. The van der Waals surface area contributed by atoms with Gasteiger partial charge in [0, 0.05) is 4.88 Å². The van der Waals surface area contributed by atoms with Gasteiger partial charge in [-0.15, -0.1) is 11.3 Å². The molecule has 0 fully saturated rings. The Morgan fingerprint density at radius 2 is 2.36 bits per heavy atom. The summed E-state index contributed by atoms with van der Waals surface area (Å²) in [6, 6.07) is 2.12. The van der Waals surface area contributed by atoms with E-state index in [0.717, 1.165) is 5.57 Å². The number of rotatable bonds is 2. The van der Waals surface area contributed by atoms with Gasteiger partial charge in [0.15, 0.2) is 0 Å². The van der Waals surface area contributed by atoms with Gasteiger partial charge >= 0.3 is 0 Å². The third-order valence-electron chi connectivity index (χ3n) is 1.43. The zero-order valence-electron chi connectivity index (χ0n) is 6.92. The van der Waals surface area contributed by atoms with Gasteiger partial charge in [-0.3, -0.25) is 0 Å². The molecule has 0 spiro atoms. The summed E-state index contributed by atoms with van der Waals surface area (Å²) in [5, 5.41) is 2.10. The molecule has 0 bridgehead atoms. The van der Waals surface area contributed by atoms with E-state index in [1.807, 2.05) is 13.8 Å². The summed E-state index contributed by atoms with van der Waals surface area (Å²) < 4.78 is 0. The summed E-state index contributed by atoms with van der Waals surface area (Å²) in [6.07, 6.45) is 4.16. The van der Waals surface area contributed by atoms with Crippen LogP contribution in [-0.4, -0.2) is 0 Å². The first-order valence-electron chi connectivity index (χ1n) is 3.61. The molecule has 0 nitrogen and oxygen atoms in total. The van der Waals surface area contributed by atoms with E-state index >= 15 is 0 Å². The van der Waals surface area contributed by atoms with Crippen LogP contribution in [0.25, 0.3) is 11.6 Å². The monoisotopic (exact) mass is 164 g/mol. The van der Waals surface area contributed by atoms with Crippen LogP contribution in [0, 0.1) is 0 Å². The minimum absolute atomic E-state index is 1.15. The molecule has 58 valence electrons. The molecule has 0 radical (unpaired) electrons. The van der Waals surface area contributed by atoms with Crippen LogP contribution in [0.4, 0.5) is 0 Å². The molecule has 1 aromatic heterocycles. The molecule has 0 saturated heterocycles. The Kier molecular flexibility index (Phi) is 2.66. The van der Waals surface area contributed by atoms with E-state index in [9.17, 15) is 0 Å². The first-order valence-corrected chi connectivity index (χ1v) is 4.49. The Hall–Kier alpha value is -0.820. The summed E-state index contributed by atoms with van der Waals surface area (Å²) in [5.74, 6) is 0. The highest BCUT2D eigenvalue weighted by Crippen LogP contribution is 2.24. The van der Waals surface area contributed by atoms with Gasteiger partial charge in [-0.25, -0.2) is 0 Å². The first-order chi connectivity index (χ1) is 5.25. The van der Waals surface area contributed by atoms with Gasteiger partial charge in [0.1, 0.15) is 0 Å². The SMILES string of the molecule is C=C(C)c1sccc1/C=C\C. The normalized spacial score (nSPS) is 10.7. The summed E-state index contributed by atoms with van der Waals surface area (Å²) in [5.41, 5.74) is 2.43. The minimum atomic E-state index is 1.15. The Labute approximate surface area is 71.9 Å². The first kappa shape index (κ1) is 8.28. The Morgan fingerprint density at radius 1 is 1.64 bits per heavy atom. The maximum absolute atomic E-state index is 3.92. The Balaban J connectivity index is 3.05. The number of thiophene rings is 1. The van der Waals surface area contributed by atoms with E-state index in [2.05, 4.69) is 30.2 Å². The van der Waals surface area contributed by atoms with E-state index < -0.39 is 0 Å². The highest BCUT2D eigenvalue weighted by Gasteiger charge is 1.99. The smallest absolute Gasteiger partial charge is 0.0365 e. The average Bonchev–Trinajstić information content (AvgIpc) is 2.36. The molecule has 1 heterocycles. The molecule has 1 rings (SSSR count). The second-order valence-corrected chi connectivity index (χ2v) is 3.40. The summed E-state index contributed by atoms with van der Waals surface area (Å²) in [6.45, 7) is 7.99. The van der Waals surface area contributed by atoms with Crippen LogP contribution in [0.15, 0.2) is 24.1 Å². The second-order valence-electron chi connectivity index (χ2n) is 2.49. The fourth-order valence-electron chi connectivity index (χ4n) is 0.977. The fraction of sp³-hybridized carbons (Fsp3) is 0.200. The predicted molar refractivity (Wildman–Crippen MR) is 53.7 cm³/mol. The van der Waals surface area contributed by atoms with Crippen LogP contribution in [0.5, 0.6) is 0 Å². The van der Waals surface area contributed by atoms with Gasteiger partial charge in [-0.1, -0.05) is 18.7 Å². The van der Waals surface area contributed by atoms with Crippen molar-refractivity contribution >= 4 is 23.0 Å². The van der Waals surface area contributed by atoms with Crippen molar-refractivity contribution in [2.24, 2.45) is 0 Å². The molecule has 0 aromatic carbocycles. The highest BCUT2D eigenvalue weighted by molar-refractivity contribution is 7.11. The summed E-state index contributed by atoms with van der Waals surface area (Å²) in [4.78, 5) is 1.29. The van der Waals surface area contributed by atoms with Crippen molar-refractivity contribution in [1.82, 2.24) is 0 Å². The van der Waals surface area contributed by atoms with Crippen molar-refractivity contribution in [1.29, 1.82) is 0 Å². The molecule has 0 aliphatic rings. The van der Waals surface area contributed by atoms with Crippen molar-refractivity contribution in [3.63, 3.8) is 0 Å². The lowest BCUT2D eigenvalue weighted by Crippen LogP contribution is -1.73. The number of allylic oxidation sites excluding steroid dienone is 2. The third kappa shape index (κ3) is 1.81. The Bertz CT molecular complexity index is 279. The molecule has 0 amide bonds. The predicted octanol–water partition coefficient (Wildman–Crippen LogP) is 3.81. The van der Waals surface area contributed by atoms with Gasteiger partial charge in [-0.05, 0) is 36.4 Å². The molecule has 0 saturated carbocycles. The average molecular weight is 164 g/mol. The molecule has 0 aliphatic heterocycles. The lowest BCUT2D eigenvalue weighted by Gasteiger charge is -1.95. The van der Waals surface area contributed by atoms with Crippen LogP contribution in [0.3, 0.4) is 0 Å². The van der Waals surface area contributed by atoms with Gasteiger partial charge in [0.25, 0.3) is 0 Å². The molecule has 0 atom stereocenters. The molecule has 0 N–H and O–H groups in total. The zero-order chi connectivity index (χ0) is 8.27. The number of hydrogen-bond acceptors (Lipinski definition) is 1. The van der Waals surface area contributed by atoms with Gasteiger partial charge < -0.3 is 0 Å². The quantitative estimate of drug-likeness (QED) is 0.623. The van der Waals surface area contributed by atoms with Crippen LogP contribution in [-0.2, 0) is 0 Å². The van der Waals surface area contributed by atoms with Gasteiger partial charge in [-0.2, -0.15) is 0 Å². The lowest BCUT2D eigenvalue weighted by atomic mass is 10.2. The summed E-state index contributed by atoms with van der Waals surface area (Å²) >= 11 is 1.75. The Morgan fingerprint density at radius 3 is 2.91 bits per heavy atom. The largest absolute Gasteiger partial charge is 0.144 e. The fourth-order valence-corrected chi connectivity index (χ4v) is 1.80. The van der Waals surface area contributed by atoms with Crippen molar-refractivity contribution in [2.45, 2.75) is 13.8 Å². The topological polar surface area (TPSA) is 0 Å². The van der Waals surface area contributed by atoms with Crippen LogP contribution >= 0.6 is 11.3 Å². The summed E-state index contributed by atoms with van der Waals surface area (Å²) in [7, 11) is 0. The maximum atomic E-state index is 3.92. The van der Waals surface area contributed by atoms with E-state index in [1.165, 1.54) is 10.4 Å². The molecule has 0 unspecified atom stereocenters. The van der Waals surface area contributed by atoms with Crippen LogP contribution < -0.4 is 0 Å². The zero-order valence-corrected chi connectivity index (χ0v) is 7.74. The molecule has 1 aromatic rings. The standard InChI is InChI=1S/C10H12S/c1-4-5-9-6-7-11-10(9)8(2)3/h4-7H,2H2,1,3H3/b5-4-. The van der Waals surface area contributed by atoms with Gasteiger partial charge in [0.2, 0.25) is 0 Å². The molecule has 1 heteroatoms. The van der Waals surface area contributed by atoms with Crippen molar-refractivity contribution < 1.29 is 0 Å². The van der Waals surface area contributed by atoms with Crippen molar-refractivity contribution in [3.8, 4) is 0 Å². The van der Waals surface area contributed by atoms with E-state index in [0.29, 0.717) is 0 Å². The molecular weight excluding hydrogens is 152 g/mol. The van der Waals surface area contributed by atoms with Crippen molar-refractivity contribution in [3.05, 3.63) is 34.5 Å². The second kappa shape index (κ2) is 3.54. The van der Waals surface area contributed by atoms with E-state index in [-0.39, 0.29) is 0 Å². The molecule has 0 aliphatic carbocycles. The van der Waals surface area contributed by atoms with Crippen molar-refractivity contribution in [2.75, 3.05) is 0 Å². The van der Waals surface area contributed by atoms with Gasteiger partial charge in [0.05, 0.1) is 0 Å². The molecular formula is C10H12S. The van der Waals surface area contributed by atoms with Crippen LogP contribution in [0.1, 0.15) is 24.3 Å². The van der Waals surface area contributed by atoms with E-state index in [1.54, 1.807) is 11.3 Å².